The number of nitrogens with zero attached hydrogens (tertiary/aromatic N) is 1. The van der Waals surface area contributed by atoms with Crippen LogP contribution in [0.15, 0.2) is 30.3 Å². The van der Waals surface area contributed by atoms with Crippen LogP contribution in [0.25, 0.3) is 0 Å². The Morgan fingerprint density at radius 1 is 1.11 bits per heavy atom. The van der Waals surface area contributed by atoms with Crippen LogP contribution >= 0.6 is 0 Å². The highest BCUT2D eigenvalue weighted by Gasteiger charge is 2.29. The molecule has 0 aliphatic carbocycles. The first kappa shape index (κ1) is 10.9. The van der Waals surface area contributed by atoms with Crippen molar-refractivity contribution in [1.29, 1.82) is 0 Å². The predicted molar refractivity (Wildman–Crippen MR) is 77.4 cm³/mol. The molecular formula is C17H17NO. The van der Waals surface area contributed by atoms with E-state index in [1.54, 1.807) is 0 Å². The third-order valence-corrected chi connectivity index (χ3v) is 4.33. The van der Waals surface area contributed by atoms with E-state index >= 15 is 0 Å². The number of aryl methyl sites for hydroxylation is 1. The molecule has 19 heavy (non-hydrogen) atoms. The fourth-order valence-corrected chi connectivity index (χ4v) is 3.49. The molecule has 2 aromatic carbocycles. The molecule has 0 saturated heterocycles. The summed E-state index contributed by atoms with van der Waals surface area (Å²) in [6.45, 7) is 3.20. The number of phenols is 1. The molecule has 96 valence electrons. The van der Waals surface area contributed by atoms with Crippen LogP contribution in [0.5, 0.6) is 5.75 Å². The minimum Gasteiger partial charge on any atom is -0.508 e. The lowest BCUT2D eigenvalue weighted by Gasteiger charge is -2.38. The summed E-state index contributed by atoms with van der Waals surface area (Å²) < 4.78 is 0. The van der Waals surface area contributed by atoms with Crippen molar-refractivity contribution in [3.8, 4) is 5.75 Å². The van der Waals surface area contributed by atoms with Crippen LogP contribution < -0.4 is 4.90 Å². The third-order valence-electron chi connectivity index (χ3n) is 4.33. The van der Waals surface area contributed by atoms with E-state index in [1.165, 1.54) is 28.1 Å². The zero-order valence-corrected chi connectivity index (χ0v) is 11.1. The molecule has 0 spiro atoms. The van der Waals surface area contributed by atoms with Crippen LogP contribution in [0, 0.1) is 6.92 Å². The zero-order chi connectivity index (χ0) is 13.0. The van der Waals surface area contributed by atoms with E-state index in [1.807, 2.05) is 6.07 Å². The average Bonchev–Trinajstić information content (AvgIpc) is 2.42. The number of benzene rings is 2. The van der Waals surface area contributed by atoms with E-state index in [-0.39, 0.29) is 0 Å². The molecule has 0 radical (unpaired) electrons. The number of fused-ring (bicyclic) bond motifs is 2. The molecule has 0 atom stereocenters. The van der Waals surface area contributed by atoms with E-state index in [0.717, 1.165) is 31.4 Å². The van der Waals surface area contributed by atoms with Crippen molar-refractivity contribution in [2.45, 2.75) is 26.2 Å². The van der Waals surface area contributed by atoms with Crippen molar-refractivity contribution in [1.82, 2.24) is 0 Å². The highest BCUT2D eigenvalue weighted by atomic mass is 16.3. The van der Waals surface area contributed by atoms with Crippen molar-refractivity contribution in [3.63, 3.8) is 0 Å². The normalized spacial score (nSPS) is 15.9. The van der Waals surface area contributed by atoms with Gasteiger partial charge in [-0.25, -0.2) is 0 Å². The Balaban J connectivity index is 1.98. The van der Waals surface area contributed by atoms with Crippen LogP contribution in [0.2, 0.25) is 0 Å². The van der Waals surface area contributed by atoms with Gasteiger partial charge in [0.1, 0.15) is 5.75 Å². The molecule has 2 nitrogen and oxygen atoms in total. The van der Waals surface area contributed by atoms with E-state index in [4.69, 9.17) is 0 Å². The van der Waals surface area contributed by atoms with Crippen molar-refractivity contribution in [3.05, 3.63) is 52.6 Å². The molecule has 2 heterocycles. The van der Waals surface area contributed by atoms with Gasteiger partial charge in [0.15, 0.2) is 0 Å². The second kappa shape index (κ2) is 3.77. The molecular weight excluding hydrogens is 234 g/mol. The lowest BCUT2D eigenvalue weighted by Crippen LogP contribution is -2.29. The van der Waals surface area contributed by atoms with Gasteiger partial charge >= 0.3 is 0 Å². The zero-order valence-electron chi connectivity index (χ0n) is 11.1. The Bertz CT molecular complexity index is 675. The Kier molecular flexibility index (Phi) is 2.16. The molecule has 0 amide bonds. The number of rotatable bonds is 0. The van der Waals surface area contributed by atoms with Gasteiger partial charge in [-0.1, -0.05) is 23.8 Å². The largest absolute Gasteiger partial charge is 0.508 e. The molecule has 2 aliphatic rings. The van der Waals surface area contributed by atoms with Gasteiger partial charge in [-0.05, 0) is 43.0 Å². The number of hydrogen-bond donors (Lipinski definition) is 1. The molecule has 4 rings (SSSR count). The monoisotopic (exact) mass is 251 g/mol. The molecule has 0 unspecified atom stereocenters. The number of aromatic hydroxyl groups is 1. The van der Waals surface area contributed by atoms with Crippen LogP contribution in [-0.4, -0.2) is 11.7 Å². The SMILES string of the molecule is Cc1ccc2c(c1)Cc1ccc(O)c3c1N2CCC3. The van der Waals surface area contributed by atoms with E-state index in [0.29, 0.717) is 5.75 Å². The number of hydrogen-bond acceptors (Lipinski definition) is 2. The Hall–Kier alpha value is -1.96. The lowest BCUT2D eigenvalue weighted by atomic mass is 9.88. The van der Waals surface area contributed by atoms with E-state index < -0.39 is 0 Å². The summed E-state index contributed by atoms with van der Waals surface area (Å²) in [6.07, 6.45) is 3.08. The Morgan fingerprint density at radius 2 is 2.00 bits per heavy atom. The number of phenolic OH excluding ortho intramolecular Hbond substituents is 1. The van der Waals surface area contributed by atoms with Crippen molar-refractivity contribution in [2.75, 3.05) is 11.4 Å². The van der Waals surface area contributed by atoms with Gasteiger partial charge in [0, 0.05) is 24.2 Å². The fraction of sp³-hybridized carbons (Fsp3) is 0.294. The fourth-order valence-electron chi connectivity index (χ4n) is 3.49. The summed E-state index contributed by atoms with van der Waals surface area (Å²) >= 11 is 0. The van der Waals surface area contributed by atoms with Gasteiger partial charge in [-0.15, -0.1) is 0 Å². The van der Waals surface area contributed by atoms with E-state index in [9.17, 15) is 5.11 Å². The molecule has 2 aromatic rings. The summed E-state index contributed by atoms with van der Waals surface area (Å²) in [5.74, 6) is 0.457. The first-order valence-corrected chi connectivity index (χ1v) is 6.95. The van der Waals surface area contributed by atoms with Crippen LogP contribution in [-0.2, 0) is 12.8 Å². The van der Waals surface area contributed by atoms with E-state index in [2.05, 4.69) is 36.1 Å². The maximum atomic E-state index is 10.1. The van der Waals surface area contributed by atoms with Gasteiger partial charge in [0.25, 0.3) is 0 Å². The Labute approximate surface area is 113 Å². The second-order valence-corrected chi connectivity index (χ2v) is 5.64. The molecule has 0 fully saturated rings. The van der Waals surface area contributed by atoms with Crippen molar-refractivity contribution >= 4 is 11.4 Å². The first-order chi connectivity index (χ1) is 9.24. The second-order valence-electron chi connectivity index (χ2n) is 5.64. The standard InChI is InChI=1S/C17H17NO/c1-11-4-6-15-13(9-11)10-12-5-7-16(19)14-3-2-8-18(15)17(12)14/h4-7,9,19H,2-3,8,10H2,1H3. The van der Waals surface area contributed by atoms with Crippen LogP contribution in [0.4, 0.5) is 11.4 Å². The highest BCUT2D eigenvalue weighted by molar-refractivity contribution is 5.79. The maximum Gasteiger partial charge on any atom is 0.120 e. The average molecular weight is 251 g/mol. The minimum atomic E-state index is 0.457. The Morgan fingerprint density at radius 3 is 2.89 bits per heavy atom. The van der Waals surface area contributed by atoms with Gasteiger partial charge in [0.05, 0.1) is 5.69 Å². The van der Waals surface area contributed by atoms with Gasteiger partial charge in [0.2, 0.25) is 0 Å². The summed E-state index contributed by atoms with van der Waals surface area (Å²) in [5.41, 5.74) is 7.80. The van der Waals surface area contributed by atoms with Crippen LogP contribution in [0.1, 0.15) is 28.7 Å². The molecule has 0 saturated carbocycles. The maximum absolute atomic E-state index is 10.1. The smallest absolute Gasteiger partial charge is 0.120 e. The van der Waals surface area contributed by atoms with Gasteiger partial charge in [-0.2, -0.15) is 0 Å². The summed E-state index contributed by atoms with van der Waals surface area (Å²) in [6, 6.07) is 10.6. The van der Waals surface area contributed by atoms with Gasteiger partial charge in [-0.3, -0.25) is 0 Å². The molecule has 2 aliphatic heterocycles. The highest BCUT2D eigenvalue weighted by Crippen LogP contribution is 2.46. The predicted octanol–water partition coefficient (Wildman–Crippen LogP) is 3.69. The summed E-state index contributed by atoms with van der Waals surface area (Å²) in [7, 11) is 0. The topological polar surface area (TPSA) is 23.5 Å². The van der Waals surface area contributed by atoms with Crippen molar-refractivity contribution in [2.24, 2.45) is 0 Å². The van der Waals surface area contributed by atoms with Gasteiger partial charge < -0.3 is 10.0 Å². The van der Waals surface area contributed by atoms with Crippen molar-refractivity contribution < 1.29 is 5.11 Å². The summed E-state index contributed by atoms with van der Waals surface area (Å²) in [5, 5.41) is 10.1. The molecule has 0 bridgehead atoms. The number of anilines is 2. The lowest BCUT2D eigenvalue weighted by molar-refractivity contribution is 0.465. The third kappa shape index (κ3) is 1.49. The minimum absolute atomic E-state index is 0.457. The quantitative estimate of drug-likeness (QED) is 0.772. The van der Waals surface area contributed by atoms with Crippen LogP contribution in [0.3, 0.4) is 0 Å². The molecule has 1 N–H and O–H groups in total. The summed E-state index contributed by atoms with van der Waals surface area (Å²) in [4.78, 5) is 2.40. The molecule has 0 aromatic heterocycles. The first-order valence-electron chi connectivity index (χ1n) is 6.95. The molecule has 2 heteroatoms.